The lowest BCUT2D eigenvalue weighted by Crippen LogP contribution is -2.38. The number of benzene rings is 3. The third kappa shape index (κ3) is 3.89. The van der Waals surface area contributed by atoms with Crippen LogP contribution in [0.25, 0.3) is 10.8 Å². The molecule has 0 aromatic heterocycles. The molecule has 140 valence electrons. The number of nitrogens with zero attached hydrogens (tertiary/aromatic N) is 1. The predicted octanol–water partition coefficient (Wildman–Crippen LogP) is 2.49. The number of sulfonamides is 1. The maximum atomic E-state index is 12.7. The minimum absolute atomic E-state index is 0.0155. The Bertz CT molecular complexity index is 1040. The molecule has 0 saturated carbocycles. The monoisotopic (exact) mass is 382 g/mol. The van der Waals surface area contributed by atoms with Crippen molar-refractivity contribution in [2.45, 2.75) is 24.1 Å². The summed E-state index contributed by atoms with van der Waals surface area (Å²) in [7, 11) is -3.70. The van der Waals surface area contributed by atoms with Crippen LogP contribution in [0, 0.1) is 0 Å². The SMILES string of the molecule is O=S(=O)(NC[C@H](O)CN1Cc2ccccc2C1)c1cccc2ccccc12. The van der Waals surface area contributed by atoms with Crippen molar-refractivity contribution in [2.75, 3.05) is 13.1 Å². The summed E-state index contributed by atoms with van der Waals surface area (Å²) >= 11 is 0. The average molecular weight is 382 g/mol. The lowest BCUT2D eigenvalue weighted by molar-refractivity contribution is 0.115. The van der Waals surface area contributed by atoms with E-state index in [1.807, 2.05) is 36.4 Å². The van der Waals surface area contributed by atoms with Gasteiger partial charge >= 0.3 is 0 Å². The maximum absolute atomic E-state index is 12.7. The largest absolute Gasteiger partial charge is 0.390 e. The van der Waals surface area contributed by atoms with E-state index in [-0.39, 0.29) is 11.4 Å². The van der Waals surface area contributed by atoms with E-state index in [1.165, 1.54) is 11.1 Å². The number of fused-ring (bicyclic) bond motifs is 2. The molecule has 4 rings (SSSR count). The molecule has 1 atom stereocenters. The molecule has 2 N–H and O–H groups in total. The van der Waals surface area contributed by atoms with Gasteiger partial charge in [-0.05, 0) is 22.6 Å². The first-order valence-electron chi connectivity index (χ1n) is 8.97. The van der Waals surface area contributed by atoms with Crippen molar-refractivity contribution in [3.63, 3.8) is 0 Å². The summed E-state index contributed by atoms with van der Waals surface area (Å²) in [5.74, 6) is 0. The van der Waals surface area contributed by atoms with Gasteiger partial charge in [0, 0.05) is 31.6 Å². The highest BCUT2D eigenvalue weighted by molar-refractivity contribution is 7.89. The Hall–Kier alpha value is -2.25. The van der Waals surface area contributed by atoms with E-state index in [0.717, 1.165) is 18.5 Å². The van der Waals surface area contributed by atoms with Gasteiger partial charge in [-0.25, -0.2) is 13.1 Å². The maximum Gasteiger partial charge on any atom is 0.241 e. The standard InChI is InChI=1S/C21H22N2O3S/c24-19(15-23-13-17-7-1-2-8-18(17)14-23)12-22-27(25,26)21-11-5-9-16-6-3-4-10-20(16)21/h1-11,19,22,24H,12-15H2/t19-/m0/s1. The van der Waals surface area contributed by atoms with Gasteiger partial charge in [-0.15, -0.1) is 0 Å². The van der Waals surface area contributed by atoms with Crippen LogP contribution in [0.4, 0.5) is 0 Å². The van der Waals surface area contributed by atoms with Crippen molar-refractivity contribution in [3.05, 3.63) is 77.9 Å². The second kappa shape index (κ2) is 7.40. The van der Waals surface area contributed by atoms with E-state index in [1.54, 1.807) is 18.2 Å². The molecule has 1 aliphatic heterocycles. The molecule has 27 heavy (non-hydrogen) atoms. The minimum atomic E-state index is -3.70. The Balaban J connectivity index is 1.40. The number of aliphatic hydroxyl groups is 1. The van der Waals surface area contributed by atoms with E-state index in [2.05, 4.69) is 21.8 Å². The topological polar surface area (TPSA) is 69.6 Å². The average Bonchev–Trinajstić information content (AvgIpc) is 3.08. The number of hydrogen-bond acceptors (Lipinski definition) is 4. The summed E-state index contributed by atoms with van der Waals surface area (Å²) in [6, 6.07) is 20.8. The van der Waals surface area contributed by atoms with E-state index in [4.69, 9.17) is 0 Å². The molecule has 0 unspecified atom stereocenters. The molecule has 0 saturated heterocycles. The van der Waals surface area contributed by atoms with Crippen LogP contribution in [0.15, 0.2) is 71.6 Å². The quantitative estimate of drug-likeness (QED) is 0.687. The second-order valence-corrected chi connectivity index (χ2v) is 8.66. The number of hydrogen-bond donors (Lipinski definition) is 2. The zero-order valence-corrected chi connectivity index (χ0v) is 15.7. The Kier molecular flexibility index (Phi) is 4.97. The van der Waals surface area contributed by atoms with Gasteiger partial charge in [0.05, 0.1) is 11.0 Å². The van der Waals surface area contributed by atoms with Crippen molar-refractivity contribution in [1.29, 1.82) is 0 Å². The summed E-state index contributed by atoms with van der Waals surface area (Å²) in [6.45, 7) is 1.97. The Morgan fingerprint density at radius 1 is 0.926 bits per heavy atom. The minimum Gasteiger partial charge on any atom is -0.390 e. The Morgan fingerprint density at radius 3 is 2.30 bits per heavy atom. The van der Waals surface area contributed by atoms with Crippen molar-refractivity contribution in [2.24, 2.45) is 0 Å². The van der Waals surface area contributed by atoms with Gasteiger partial charge in [-0.3, -0.25) is 4.90 Å². The van der Waals surface area contributed by atoms with Crippen LogP contribution in [0.5, 0.6) is 0 Å². The lowest BCUT2D eigenvalue weighted by atomic mass is 10.1. The number of aliphatic hydroxyl groups excluding tert-OH is 1. The summed E-state index contributed by atoms with van der Waals surface area (Å²) in [5, 5.41) is 11.9. The lowest BCUT2D eigenvalue weighted by Gasteiger charge is -2.20. The third-order valence-electron chi connectivity index (χ3n) is 4.92. The van der Waals surface area contributed by atoms with Crippen LogP contribution < -0.4 is 4.72 Å². The zero-order valence-electron chi connectivity index (χ0n) is 14.9. The molecule has 0 amide bonds. The van der Waals surface area contributed by atoms with E-state index in [9.17, 15) is 13.5 Å². The molecule has 5 nitrogen and oxygen atoms in total. The molecule has 0 aliphatic carbocycles. The highest BCUT2D eigenvalue weighted by Crippen LogP contribution is 2.23. The van der Waals surface area contributed by atoms with Crippen molar-refractivity contribution >= 4 is 20.8 Å². The van der Waals surface area contributed by atoms with E-state index >= 15 is 0 Å². The first-order valence-corrected chi connectivity index (χ1v) is 10.5. The van der Waals surface area contributed by atoms with Gasteiger partial charge in [0.2, 0.25) is 10.0 Å². The molecule has 1 heterocycles. The van der Waals surface area contributed by atoms with Crippen molar-refractivity contribution in [1.82, 2.24) is 9.62 Å². The molecule has 0 fully saturated rings. The Morgan fingerprint density at radius 2 is 1.56 bits per heavy atom. The summed E-state index contributed by atoms with van der Waals surface area (Å²) < 4.78 is 28.0. The van der Waals surface area contributed by atoms with Crippen LogP contribution in [0.1, 0.15) is 11.1 Å². The van der Waals surface area contributed by atoms with Crippen molar-refractivity contribution in [3.8, 4) is 0 Å². The van der Waals surface area contributed by atoms with Crippen LogP contribution in [0.2, 0.25) is 0 Å². The second-order valence-electron chi connectivity index (χ2n) is 6.92. The first-order chi connectivity index (χ1) is 13.0. The Labute approximate surface area is 159 Å². The smallest absolute Gasteiger partial charge is 0.241 e. The fourth-order valence-electron chi connectivity index (χ4n) is 3.61. The summed E-state index contributed by atoms with van der Waals surface area (Å²) in [4.78, 5) is 2.36. The van der Waals surface area contributed by atoms with Crippen LogP contribution in [-0.4, -0.2) is 37.6 Å². The van der Waals surface area contributed by atoms with Crippen LogP contribution in [-0.2, 0) is 23.1 Å². The molecule has 0 spiro atoms. The normalized spacial score (nSPS) is 15.7. The van der Waals surface area contributed by atoms with Gasteiger partial charge < -0.3 is 5.11 Å². The van der Waals surface area contributed by atoms with Crippen LogP contribution in [0.3, 0.4) is 0 Å². The molecule has 0 bridgehead atoms. The molecule has 0 radical (unpaired) electrons. The fraction of sp³-hybridized carbons (Fsp3) is 0.238. The summed E-state index contributed by atoms with van der Waals surface area (Å²) in [6.07, 6.45) is -0.774. The number of nitrogens with one attached hydrogen (secondary N) is 1. The molecule has 1 aliphatic rings. The number of β-amino-alcohol motifs (C(OH)–C–C–N with tert-alkyl or cyclic N) is 1. The van der Waals surface area contributed by atoms with Gasteiger partial charge in [0.15, 0.2) is 0 Å². The molecular weight excluding hydrogens is 360 g/mol. The molecule has 3 aromatic rings. The predicted molar refractivity (Wildman–Crippen MR) is 106 cm³/mol. The van der Waals surface area contributed by atoms with E-state index < -0.39 is 16.1 Å². The number of rotatable bonds is 6. The highest BCUT2D eigenvalue weighted by atomic mass is 32.2. The molecule has 3 aromatic carbocycles. The first kappa shape index (κ1) is 18.1. The fourth-order valence-corrected chi connectivity index (χ4v) is 4.91. The van der Waals surface area contributed by atoms with Gasteiger partial charge in [0.1, 0.15) is 0 Å². The van der Waals surface area contributed by atoms with Gasteiger partial charge in [-0.1, -0.05) is 60.7 Å². The van der Waals surface area contributed by atoms with E-state index in [0.29, 0.717) is 11.9 Å². The zero-order chi connectivity index (χ0) is 18.9. The highest BCUT2D eigenvalue weighted by Gasteiger charge is 2.23. The van der Waals surface area contributed by atoms with Gasteiger partial charge in [0.25, 0.3) is 0 Å². The molecular formula is C21H22N2O3S. The van der Waals surface area contributed by atoms with Crippen molar-refractivity contribution < 1.29 is 13.5 Å². The third-order valence-corrected chi connectivity index (χ3v) is 6.41. The van der Waals surface area contributed by atoms with Crippen LogP contribution >= 0.6 is 0 Å². The summed E-state index contributed by atoms with van der Waals surface area (Å²) in [5.41, 5.74) is 2.53. The van der Waals surface area contributed by atoms with Gasteiger partial charge in [-0.2, -0.15) is 0 Å². The molecule has 6 heteroatoms.